The lowest BCUT2D eigenvalue weighted by atomic mass is 10.2. The van der Waals surface area contributed by atoms with Gasteiger partial charge in [-0.15, -0.1) is 10.2 Å². The predicted octanol–water partition coefficient (Wildman–Crippen LogP) is 1.70. The third-order valence-electron chi connectivity index (χ3n) is 3.63. The maximum Gasteiger partial charge on any atom is 0.273 e. The number of carbonyl (C=O) groups excluding carboxylic acids is 1. The van der Waals surface area contributed by atoms with Crippen LogP contribution in [0.1, 0.15) is 32.9 Å². The summed E-state index contributed by atoms with van der Waals surface area (Å²) in [5.74, 6) is 0.966. The molecule has 27 heavy (non-hydrogen) atoms. The first-order valence-corrected chi connectivity index (χ1v) is 9.05. The van der Waals surface area contributed by atoms with E-state index in [1.807, 2.05) is 20.8 Å². The SMILES string of the molecule is CCOCCOc1ccc(-c2nnc(CCC(=O)NC(C)C)c(=O)[nH]2)cc1. The van der Waals surface area contributed by atoms with Crippen molar-refractivity contribution in [2.24, 2.45) is 0 Å². The van der Waals surface area contributed by atoms with Crippen LogP contribution in [-0.4, -0.2) is 47.0 Å². The molecule has 0 fully saturated rings. The molecule has 0 radical (unpaired) electrons. The quantitative estimate of drug-likeness (QED) is 0.613. The second kappa shape index (κ2) is 10.4. The minimum atomic E-state index is -0.339. The summed E-state index contributed by atoms with van der Waals surface area (Å²) in [7, 11) is 0. The Kier molecular flexibility index (Phi) is 7.94. The van der Waals surface area contributed by atoms with Crippen LogP contribution in [0.3, 0.4) is 0 Å². The molecule has 0 aliphatic rings. The van der Waals surface area contributed by atoms with Gasteiger partial charge in [0.05, 0.1) is 6.61 Å². The Balaban J connectivity index is 1.96. The van der Waals surface area contributed by atoms with E-state index in [1.165, 1.54) is 0 Å². The summed E-state index contributed by atoms with van der Waals surface area (Å²) in [5.41, 5.74) is 0.629. The Labute approximate surface area is 158 Å². The van der Waals surface area contributed by atoms with E-state index >= 15 is 0 Å². The van der Waals surface area contributed by atoms with Crippen molar-refractivity contribution in [1.82, 2.24) is 20.5 Å². The number of aromatic amines is 1. The third kappa shape index (κ3) is 6.82. The molecule has 0 spiro atoms. The van der Waals surface area contributed by atoms with Crippen molar-refractivity contribution < 1.29 is 14.3 Å². The monoisotopic (exact) mass is 374 g/mol. The number of aryl methyl sites for hydroxylation is 1. The third-order valence-corrected chi connectivity index (χ3v) is 3.63. The summed E-state index contributed by atoms with van der Waals surface area (Å²) in [6, 6.07) is 7.25. The van der Waals surface area contributed by atoms with Gasteiger partial charge in [-0.1, -0.05) is 0 Å². The highest BCUT2D eigenvalue weighted by Crippen LogP contribution is 2.18. The molecule has 1 aromatic carbocycles. The number of hydrogen-bond acceptors (Lipinski definition) is 6. The summed E-state index contributed by atoms with van der Waals surface area (Å²) < 4.78 is 10.8. The minimum absolute atomic E-state index is 0.0652. The number of nitrogens with zero attached hydrogens (tertiary/aromatic N) is 2. The average molecular weight is 374 g/mol. The molecule has 0 aliphatic carbocycles. The fraction of sp³-hybridized carbons (Fsp3) is 0.474. The smallest absolute Gasteiger partial charge is 0.273 e. The Morgan fingerprint density at radius 2 is 1.93 bits per heavy atom. The molecule has 2 rings (SSSR count). The largest absolute Gasteiger partial charge is 0.491 e. The van der Waals surface area contributed by atoms with E-state index in [0.717, 1.165) is 5.56 Å². The second-order valence-corrected chi connectivity index (χ2v) is 6.24. The highest BCUT2D eigenvalue weighted by molar-refractivity contribution is 5.76. The summed E-state index contributed by atoms with van der Waals surface area (Å²) in [5, 5.41) is 10.8. The van der Waals surface area contributed by atoms with E-state index < -0.39 is 0 Å². The van der Waals surface area contributed by atoms with Crippen LogP contribution in [0.15, 0.2) is 29.1 Å². The fourth-order valence-electron chi connectivity index (χ4n) is 2.35. The molecule has 0 aliphatic heterocycles. The average Bonchev–Trinajstić information content (AvgIpc) is 2.64. The number of amides is 1. The molecular formula is C19H26N4O4. The molecule has 2 aromatic rings. The summed E-state index contributed by atoms with van der Waals surface area (Å²) in [4.78, 5) is 26.6. The van der Waals surface area contributed by atoms with Gasteiger partial charge in [-0.3, -0.25) is 9.59 Å². The van der Waals surface area contributed by atoms with Crippen LogP contribution in [-0.2, 0) is 16.0 Å². The number of nitrogens with one attached hydrogen (secondary N) is 2. The Hall–Kier alpha value is -2.74. The van der Waals surface area contributed by atoms with Crippen molar-refractivity contribution in [1.29, 1.82) is 0 Å². The van der Waals surface area contributed by atoms with Crippen molar-refractivity contribution >= 4 is 5.91 Å². The van der Waals surface area contributed by atoms with Crippen molar-refractivity contribution in [2.75, 3.05) is 19.8 Å². The molecule has 0 saturated heterocycles. The van der Waals surface area contributed by atoms with Gasteiger partial charge < -0.3 is 19.8 Å². The van der Waals surface area contributed by atoms with Crippen LogP contribution in [0.2, 0.25) is 0 Å². The van der Waals surface area contributed by atoms with Gasteiger partial charge >= 0.3 is 0 Å². The first-order chi connectivity index (χ1) is 13.0. The normalized spacial score (nSPS) is 10.8. The number of benzene rings is 1. The van der Waals surface area contributed by atoms with E-state index in [9.17, 15) is 9.59 Å². The van der Waals surface area contributed by atoms with E-state index in [-0.39, 0.29) is 36.0 Å². The lowest BCUT2D eigenvalue weighted by Gasteiger charge is -2.08. The number of carbonyl (C=O) groups is 1. The molecule has 2 N–H and O–H groups in total. The standard InChI is InChI=1S/C19H26N4O4/c1-4-26-11-12-27-15-7-5-14(6-8-15)18-21-19(25)16(22-23-18)9-10-17(24)20-13(2)3/h5-8,13H,4,9-12H2,1-3H3,(H,20,24)(H,21,23,25). The van der Waals surface area contributed by atoms with Gasteiger partial charge in [0.25, 0.3) is 5.56 Å². The number of hydrogen-bond donors (Lipinski definition) is 2. The van der Waals surface area contributed by atoms with E-state index in [2.05, 4.69) is 20.5 Å². The molecule has 0 saturated carbocycles. The van der Waals surface area contributed by atoms with Crippen LogP contribution in [0.25, 0.3) is 11.4 Å². The molecule has 1 aromatic heterocycles. The summed E-state index contributed by atoms with van der Waals surface area (Å²) in [6.45, 7) is 7.37. The fourth-order valence-corrected chi connectivity index (χ4v) is 2.35. The zero-order chi connectivity index (χ0) is 19.6. The Morgan fingerprint density at radius 1 is 1.19 bits per heavy atom. The molecule has 8 heteroatoms. The van der Waals surface area contributed by atoms with E-state index in [1.54, 1.807) is 24.3 Å². The van der Waals surface area contributed by atoms with Gasteiger partial charge in [0.15, 0.2) is 5.82 Å². The number of rotatable bonds is 10. The Bertz CT molecular complexity index is 787. The van der Waals surface area contributed by atoms with Gasteiger partial charge in [-0.05, 0) is 45.0 Å². The number of ether oxygens (including phenoxy) is 2. The molecular weight excluding hydrogens is 348 g/mol. The lowest BCUT2D eigenvalue weighted by molar-refractivity contribution is -0.121. The maximum atomic E-state index is 12.2. The van der Waals surface area contributed by atoms with Crippen molar-refractivity contribution in [2.45, 2.75) is 39.7 Å². The molecule has 1 heterocycles. The molecule has 0 bridgehead atoms. The van der Waals surface area contributed by atoms with Crippen LogP contribution in [0, 0.1) is 0 Å². The van der Waals surface area contributed by atoms with Crippen LogP contribution in [0.5, 0.6) is 5.75 Å². The highest BCUT2D eigenvalue weighted by Gasteiger charge is 2.10. The van der Waals surface area contributed by atoms with Crippen molar-refractivity contribution in [3.63, 3.8) is 0 Å². The first-order valence-electron chi connectivity index (χ1n) is 9.05. The van der Waals surface area contributed by atoms with Crippen LogP contribution < -0.4 is 15.6 Å². The predicted molar refractivity (Wildman–Crippen MR) is 102 cm³/mol. The first kappa shape index (κ1) is 20.6. The molecule has 0 atom stereocenters. The van der Waals surface area contributed by atoms with E-state index in [0.29, 0.717) is 31.4 Å². The van der Waals surface area contributed by atoms with Gasteiger partial charge in [0.2, 0.25) is 5.91 Å². The van der Waals surface area contributed by atoms with Gasteiger partial charge in [0, 0.05) is 31.1 Å². The number of aromatic nitrogens is 3. The Morgan fingerprint density at radius 3 is 2.56 bits per heavy atom. The lowest BCUT2D eigenvalue weighted by Crippen LogP contribution is -2.31. The minimum Gasteiger partial charge on any atom is -0.491 e. The van der Waals surface area contributed by atoms with Crippen LogP contribution in [0.4, 0.5) is 0 Å². The highest BCUT2D eigenvalue weighted by atomic mass is 16.5. The maximum absolute atomic E-state index is 12.2. The van der Waals surface area contributed by atoms with Gasteiger partial charge in [0.1, 0.15) is 18.1 Å². The van der Waals surface area contributed by atoms with Crippen LogP contribution >= 0.6 is 0 Å². The van der Waals surface area contributed by atoms with Gasteiger partial charge in [-0.2, -0.15) is 0 Å². The molecule has 0 unspecified atom stereocenters. The molecule has 146 valence electrons. The topological polar surface area (TPSA) is 106 Å². The van der Waals surface area contributed by atoms with Gasteiger partial charge in [-0.25, -0.2) is 0 Å². The summed E-state index contributed by atoms with van der Waals surface area (Å²) >= 11 is 0. The molecule has 8 nitrogen and oxygen atoms in total. The van der Waals surface area contributed by atoms with E-state index in [4.69, 9.17) is 9.47 Å². The zero-order valence-corrected chi connectivity index (χ0v) is 15.9. The summed E-state index contributed by atoms with van der Waals surface area (Å²) in [6.07, 6.45) is 0.441. The number of H-pyrrole nitrogens is 1. The van der Waals surface area contributed by atoms with Crippen molar-refractivity contribution in [3.8, 4) is 17.1 Å². The zero-order valence-electron chi connectivity index (χ0n) is 15.9. The molecule has 1 amide bonds. The van der Waals surface area contributed by atoms with Crippen molar-refractivity contribution in [3.05, 3.63) is 40.3 Å². The second-order valence-electron chi connectivity index (χ2n) is 6.24.